The summed E-state index contributed by atoms with van der Waals surface area (Å²) < 4.78 is 218. The predicted octanol–water partition coefficient (Wildman–Crippen LogP) is 10.5. The summed E-state index contributed by atoms with van der Waals surface area (Å²) in [6.45, 7) is 7.55. The first-order chi connectivity index (χ1) is 31.4. The molecule has 8 rings (SSSR count). The molecule has 398 valence electrons. The average molecular weight is 1020 g/mol. The highest BCUT2D eigenvalue weighted by molar-refractivity contribution is 5.80. The smallest absolute Gasteiger partial charge is 0.426 e. The van der Waals surface area contributed by atoms with Crippen molar-refractivity contribution >= 4 is 11.9 Å². The van der Waals surface area contributed by atoms with Crippen molar-refractivity contribution in [1.82, 2.24) is 0 Å². The third-order valence-electron chi connectivity index (χ3n) is 16.9. The lowest BCUT2D eigenvalue weighted by molar-refractivity contribution is -0.412. The van der Waals surface area contributed by atoms with Crippen LogP contribution in [0.4, 0.5) is 52.7 Å². The van der Waals surface area contributed by atoms with Gasteiger partial charge in [0.1, 0.15) is 11.2 Å². The van der Waals surface area contributed by atoms with Crippen LogP contribution in [0, 0.1) is 52.3 Å². The lowest BCUT2D eigenvalue weighted by Gasteiger charge is -2.62. The summed E-state index contributed by atoms with van der Waals surface area (Å²) in [7, 11) is 0. The van der Waals surface area contributed by atoms with Gasteiger partial charge in [0.15, 0.2) is 17.1 Å². The van der Waals surface area contributed by atoms with E-state index < -0.39 is 167 Å². The molecule has 6 saturated carbocycles. The fourth-order valence-electron chi connectivity index (χ4n) is 14.5. The van der Waals surface area contributed by atoms with E-state index in [2.05, 4.69) is 0 Å². The van der Waals surface area contributed by atoms with Gasteiger partial charge in [-0.1, -0.05) is 6.92 Å². The van der Waals surface area contributed by atoms with Gasteiger partial charge in [-0.25, -0.2) is 0 Å². The monoisotopic (exact) mass is 1020 g/mol. The molecule has 6 aliphatic carbocycles. The number of ether oxygens (including phenoxy) is 6. The molecule has 69 heavy (non-hydrogen) atoms. The van der Waals surface area contributed by atoms with Gasteiger partial charge in [-0.05, 0) is 148 Å². The molecule has 8 aliphatic rings. The molecule has 8 fully saturated rings. The highest BCUT2D eigenvalue weighted by atomic mass is 19.4. The second-order valence-electron chi connectivity index (χ2n) is 23.2. The number of carbonyl (C=O) groups is 2. The van der Waals surface area contributed by atoms with Crippen molar-refractivity contribution in [2.75, 3.05) is 13.2 Å². The van der Waals surface area contributed by atoms with Crippen molar-refractivity contribution in [3.63, 3.8) is 0 Å². The van der Waals surface area contributed by atoms with E-state index >= 15 is 31.1 Å². The molecule has 22 heteroatoms. The van der Waals surface area contributed by atoms with E-state index in [1.807, 2.05) is 0 Å². The molecule has 0 radical (unpaired) electrons. The molecular formula is C47H66F12O10. The number of fused-ring (bicyclic) bond motifs is 5. The van der Waals surface area contributed by atoms with E-state index in [0.717, 1.165) is 6.92 Å². The Morgan fingerprint density at radius 1 is 0.739 bits per heavy atom. The van der Waals surface area contributed by atoms with Crippen molar-refractivity contribution in [1.29, 1.82) is 0 Å². The third kappa shape index (κ3) is 9.88. The van der Waals surface area contributed by atoms with Crippen LogP contribution in [0.1, 0.15) is 138 Å². The Morgan fingerprint density at radius 2 is 1.35 bits per heavy atom. The quantitative estimate of drug-likeness (QED) is 0.0986. The molecule has 0 aromatic carbocycles. The highest BCUT2D eigenvalue weighted by Crippen LogP contribution is 2.66. The van der Waals surface area contributed by atoms with Gasteiger partial charge in [0, 0.05) is 38.4 Å². The number of aliphatic hydroxyl groups is 2. The Bertz CT molecular complexity index is 1870. The molecule has 14 unspecified atom stereocenters. The van der Waals surface area contributed by atoms with Gasteiger partial charge in [-0.2, -0.15) is 52.7 Å². The first-order valence-corrected chi connectivity index (χ1v) is 24.1. The van der Waals surface area contributed by atoms with E-state index in [0.29, 0.717) is 6.92 Å². The molecule has 0 spiro atoms. The standard InChI is InChI=1S/C47H66F12O10/c1-8-64-25(3)67-43(46(54,55)56,47(57,58)59)18-28-13-27-14-30(28)34-29(27)12-24(2)32(66-34)20-42(45(51,52)53,36(61)69-41-17-26-15-39(62,22-41)21-40(63,16-26)23-41)31-10-9-11-65-33(31)19-38(7,44(48,49)50)35(60)68-37(4,5)6/h24-34,62-63H,8-23H2,1-7H3. The number of alkyl halides is 12. The van der Waals surface area contributed by atoms with Gasteiger partial charge in [-0.3, -0.25) is 9.59 Å². The fourth-order valence-corrected chi connectivity index (χ4v) is 14.5. The molecule has 2 N–H and O–H groups in total. The third-order valence-corrected chi connectivity index (χ3v) is 16.9. The van der Waals surface area contributed by atoms with Gasteiger partial charge >= 0.3 is 36.6 Å². The van der Waals surface area contributed by atoms with Crippen LogP contribution in [-0.2, 0) is 38.0 Å². The molecule has 0 amide bonds. The Labute approximate surface area is 393 Å². The lowest BCUT2D eigenvalue weighted by Crippen LogP contribution is -2.68. The number of hydrogen-bond acceptors (Lipinski definition) is 10. The van der Waals surface area contributed by atoms with Crippen LogP contribution >= 0.6 is 0 Å². The molecule has 0 aromatic rings. The fraction of sp³-hybridized carbons (Fsp3) is 0.957. The zero-order chi connectivity index (χ0) is 51.6. The first-order valence-electron chi connectivity index (χ1n) is 24.1. The number of esters is 2. The average Bonchev–Trinajstić information content (AvgIpc) is 3.71. The van der Waals surface area contributed by atoms with Crippen molar-refractivity contribution in [2.24, 2.45) is 52.3 Å². The summed E-state index contributed by atoms with van der Waals surface area (Å²) in [4.78, 5) is 28.7. The van der Waals surface area contributed by atoms with E-state index in [4.69, 9.17) is 28.4 Å². The van der Waals surface area contributed by atoms with Gasteiger partial charge in [-0.15, -0.1) is 0 Å². The summed E-state index contributed by atoms with van der Waals surface area (Å²) in [5, 5.41) is 23.0. The normalized spacial score (nSPS) is 39.4. The lowest BCUT2D eigenvalue weighted by atomic mass is 9.50. The minimum absolute atomic E-state index is 0.0262. The molecule has 2 aliphatic heterocycles. The number of carbonyl (C=O) groups excluding carboxylic acids is 2. The van der Waals surface area contributed by atoms with E-state index in [9.17, 15) is 41.4 Å². The SMILES string of the molecule is CCOC(C)OC(CC1CC2CC1C1OC(CC(C(=O)OC34CC5CC(O)(CC(O)(C5)C3)C4)(C3CCCOC3CC(C)(C(=O)OC(C)(C)C)C(F)(F)F)C(F)(F)F)C(C)CC21)(C(F)(F)F)C(F)(F)F. The van der Waals surface area contributed by atoms with Gasteiger partial charge < -0.3 is 38.6 Å². The Morgan fingerprint density at radius 3 is 1.87 bits per heavy atom. The van der Waals surface area contributed by atoms with Gasteiger partial charge in [0.25, 0.3) is 5.60 Å². The number of hydrogen-bond donors (Lipinski definition) is 2. The maximum atomic E-state index is 16.8. The summed E-state index contributed by atoms with van der Waals surface area (Å²) in [5.74, 6) is -10.6. The second kappa shape index (κ2) is 17.8. The Kier molecular flexibility index (Phi) is 14.1. The van der Waals surface area contributed by atoms with Crippen LogP contribution in [0.15, 0.2) is 0 Å². The second-order valence-corrected chi connectivity index (χ2v) is 23.2. The van der Waals surface area contributed by atoms with Gasteiger partial charge in [0.2, 0.25) is 0 Å². The van der Waals surface area contributed by atoms with Crippen LogP contribution in [-0.4, -0.2) is 113 Å². The number of halogens is 12. The van der Waals surface area contributed by atoms with E-state index in [1.165, 1.54) is 34.6 Å². The molecule has 14 atom stereocenters. The molecular weight excluding hydrogens is 952 g/mol. The predicted molar refractivity (Wildman–Crippen MR) is 217 cm³/mol. The zero-order valence-electron chi connectivity index (χ0n) is 39.9. The molecule has 10 nitrogen and oxygen atoms in total. The van der Waals surface area contributed by atoms with Crippen molar-refractivity contribution in [3.8, 4) is 0 Å². The van der Waals surface area contributed by atoms with Crippen molar-refractivity contribution < 1.29 is 101 Å². The van der Waals surface area contributed by atoms with E-state index in [1.54, 1.807) is 0 Å². The van der Waals surface area contributed by atoms with Crippen LogP contribution in [0.5, 0.6) is 0 Å². The first kappa shape index (κ1) is 54.6. The summed E-state index contributed by atoms with van der Waals surface area (Å²) in [6, 6.07) is 0. The largest absolute Gasteiger partial charge is 0.459 e. The summed E-state index contributed by atoms with van der Waals surface area (Å²) in [6.07, 6.45) is -35.3. The Hall–Kier alpha value is -2.14. The summed E-state index contributed by atoms with van der Waals surface area (Å²) in [5.41, 5.74) is -18.4. The van der Waals surface area contributed by atoms with Gasteiger partial charge in [0.05, 0.1) is 29.5 Å². The Balaban J connectivity index is 1.28. The molecule has 2 saturated heterocycles. The van der Waals surface area contributed by atoms with Crippen LogP contribution in [0.25, 0.3) is 0 Å². The topological polar surface area (TPSA) is 130 Å². The van der Waals surface area contributed by atoms with Crippen molar-refractivity contribution in [2.45, 2.75) is 216 Å². The number of rotatable bonds is 14. The van der Waals surface area contributed by atoms with E-state index in [-0.39, 0.29) is 77.4 Å². The van der Waals surface area contributed by atoms with Crippen LogP contribution in [0.2, 0.25) is 0 Å². The molecule has 0 aromatic heterocycles. The zero-order valence-corrected chi connectivity index (χ0v) is 39.9. The molecule has 2 heterocycles. The summed E-state index contributed by atoms with van der Waals surface area (Å²) >= 11 is 0. The maximum absolute atomic E-state index is 16.8. The maximum Gasteiger partial charge on any atom is 0.426 e. The van der Waals surface area contributed by atoms with Crippen LogP contribution in [0.3, 0.4) is 0 Å². The molecule has 6 bridgehead atoms. The highest BCUT2D eigenvalue weighted by Gasteiger charge is 2.76. The minimum Gasteiger partial charge on any atom is -0.459 e. The van der Waals surface area contributed by atoms with Crippen molar-refractivity contribution in [3.05, 3.63) is 0 Å². The minimum atomic E-state index is -5.98. The van der Waals surface area contributed by atoms with Crippen LogP contribution < -0.4 is 0 Å².